The zero-order valence-corrected chi connectivity index (χ0v) is 18.1. The van der Waals surface area contributed by atoms with Gasteiger partial charge >= 0.3 is 0 Å². The van der Waals surface area contributed by atoms with E-state index in [4.69, 9.17) is 0 Å². The van der Waals surface area contributed by atoms with Crippen molar-refractivity contribution in [3.63, 3.8) is 0 Å². The van der Waals surface area contributed by atoms with Crippen LogP contribution in [0.5, 0.6) is 0 Å². The van der Waals surface area contributed by atoms with Gasteiger partial charge in [0.25, 0.3) is 5.91 Å². The maximum Gasteiger partial charge on any atom is 0.254 e. The summed E-state index contributed by atoms with van der Waals surface area (Å²) >= 11 is 3.41. The smallest absolute Gasteiger partial charge is 0.254 e. The Kier molecular flexibility index (Phi) is 8.30. The van der Waals surface area contributed by atoms with Crippen molar-refractivity contribution in [3.8, 4) is 0 Å². The summed E-state index contributed by atoms with van der Waals surface area (Å²) < 4.78 is 0.942. The van der Waals surface area contributed by atoms with Crippen LogP contribution in [0.15, 0.2) is 28.7 Å². The number of nitrogens with zero attached hydrogens (tertiary/aromatic N) is 3. The molecule has 0 aromatic heterocycles. The highest BCUT2D eigenvalue weighted by Crippen LogP contribution is 2.14. The van der Waals surface area contributed by atoms with Crippen LogP contribution < -0.4 is 5.32 Å². The molecule has 2 fully saturated rings. The predicted molar refractivity (Wildman–Crippen MR) is 114 cm³/mol. The molecule has 1 aromatic carbocycles. The molecule has 0 atom stereocenters. The van der Waals surface area contributed by atoms with Crippen LogP contribution in [0.4, 0.5) is 0 Å². The molecule has 2 aliphatic heterocycles. The normalized spacial score (nSPS) is 18.1. The maximum atomic E-state index is 13.1. The van der Waals surface area contributed by atoms with Gasteiger partial charge in [0.15, 0.2) is 0 Å². The Hall–Kier alpha value is -1.44. The van der Waals surface area contributed by atoms with Crippen molar-refractivity contribution < 1.29 is 9.59 Å². The van der Waals surface area contributed by atoms with Crippen LogP contribution >= 0.6 is 15.9 Å². The molecule has 0 spiro atoms. The molecule has 2 saturated heterocycles. The molecule has 1 aromatic rings. The van der Waals surface area contributed by atoms with E-state index < -0.39 is 0 Å². The van der Waals surface area contributed by atoms with Gasteiger partial charge in [-0.15, -0.1) is 0 Å². The monoisotopic (exact) mass is 450 g/mol. The summed E-state index contributed by atoms with van der Waals surface area (Å²) in [6.07, 6.45) is 4.76. The number of amides is 2. The van der Waals surface area contributed by atoms with E-state index in [0.717, 1.165) is 43.6 Å². The number of hydrogen-bond acceptors (Lipinski definition) is 4. The first-order valence-corrected chi connectivity index (χ1v) is 11.2. The highest BCUT2D eigenvalue weighted by molar-refractivity contribution is 9.10. The van der Waals surface area contributed by atoms with Crippen LogP contribution in [0.3, 0.4) is 0 Å². The van der Waals surface area contributed by atoms with Crippen molar-refractivity contribution in [3.05, 3.63) is 34.3 Å². The lowest BCUT2D eigenvalue weighted by atomic mass is 10.1. The van der Waals surface area contributed by atoms with Crippen LogP contribution in [0, 0.1) is 0 Å². The minimum atomic E-state index is -0.0605. The Bertz CT molecular complexity index is 640. The van der Waals surface area contributed by atoms with E-state index in [1.54, 1.807) is 4.90 Å². The van der Waals surface area contributed by atoms with Crippen molar-refractivity contribution in [2.45, 2.75) is 25.7 Å². The number of nitrogens with one attached hydrogen (secondary N) is 1. The maximum absolute atomic E-state index is 13.1. The van der Waals surface area contributed by atoms with Crippen LogP contribution in [-0.2, 0) is 4.79 Å². The molecule has 0 radical (unpaired) electrons. The third kappa shape index (κ3) is 6.29. The molecule has 2 heterocycles. The first-order valence-electron chi connectivity index (χ1n) is 10.4. The molecule has 28 heavy (non-hydrogen) atoms. The average molecular weight is 451 g/mol. The number of piperidine rings is 1. The molecular weight excluding hydrogens is 420 g/mol. The van der Waals surface area contributed by atoms with Crippen LogP contribution in [0.2, 0.25) is 0 Å². The quantitative estimate of drug-likeness (QED) is 0.691. The van der Waals surface area contributed by atoms with Crippen LogP contribution in [0.25, 0.3) is 0 Å². The van der Waals surface area contributed by atoms with E-state index in [1.165, 1.54) is 19.3 Å². The fourth-order valence-electron chi connectivity index (χ4n) is 3.87. The molecule has 0 bridgehead atoms. The van der Waals surface area contributed by atoms with E-state index >= 15 is 0 Å². The fourth-order valence-corrected chi connectivity index (χ4v) is 4.14. The van der Waals surface area contributed by atoms with E-state index in [2.05, 4.69) is 26.1 Å². The predicted octanol–water partition coefficient (Wildman–Crippen LogP) is 2.20. The molecule has 7 heteroatoms. The fraction of sp³-hybridized carbons (Fsp3) is 0.619. The zero-order chi connectivity index (χ0) is 19.8. The molecular formula is C21H31BrN4O2. The lowest BCUT2D eigenvalue weighted by Gasteiger charge is -2.31. The van der Waals surface area contributed by atoms with Crippen LogP contribution in [0.1, 0.15) is 36.0 Å². The Morgan fingerprint density at radius 2 is 1.68 bits per heavy atom. The number of halogens is 1. The number of carbonyl (C=O) groups excluding carboxylic acids is 2. The van der Waals surface area contributed by atoms with Gasteiger partial charge in [-0.1, -0.05) is 22.4 Å². The summed E-state index contributed by atoms with van der Waals surface area (Å²) in [6, 6.07) is 7.38. The highest BCUT2D eigenvalue weighted by atomic mass is 79.9. The van der Waals surface area contributed by atoms with Gasteiger partial charge in [0, 0.05) is 42.8 Å². The van der Waals surface area contributed by atoms with Crippen molar-refractivity contribution in [1.29, 1.82) is 0 Å². The minimum Gasteiger partial charge on any atom is -0.339 e. The summed E-state index contributed by atoms with van der Waals surface area (Å²) in [5, 5.41) is 3.26. The first-order chi connectivity index (χ1) is 13.6. The molecule has 2 aliphatic rings. The van der Waals surface area contributed by atoms with Gasteiger partial charge in [0.2, 0.25) is 5.91 Å². The molecule has 0 aliphatic carbocycles. The van der Waals surface area contributed by atoms with Gasteiger partial charge in [-0.25, -0.2) is 0 Å². The topological polar surface area (TPSA) is 55.9 Å². The number of likely N-dealkylation sites (tertiary alicyclic amines) is 1. The second-order valence-electron chi connectivity index (χ2n) is 7.62. The summed E-state index contributed by atoms with van der Waals surface area (Å²) in [7, 11) is 0. The van der Waals surface area contributed by atoms with Crippen molar-refractivity contribution in [2.24, 2.45) is 0 Å². The summed E-state index contributed by atoms with van der Waals surface area (Å²) in [4.78, 5) is 31.9. The summed E-state index contributed by atoms with van der Waals surface area (Å²) in [5.41, 5.74) is 0.634. The van der Waals surface area contributed by atoms with Gasteiger partial charge in [-0.3, -0.25) is 9.59 Å². The van der Waals surface area contributed by atoms with Crippen molar-refractivity contribution in [2.75, 3.05) is 58.9 Å². The second kappa shape index (κ2) is 10.9. The second-order valence-corrected chi connectivity index (χ2v) is 8.54. The molecule has 2 amide bonds. The van der Waals surface area contributed by atoms with Crippen LogP contribution in [-0.4, -0.2) is 85.4 Å². The van der Waals surface area contributed by atoms with Gasteiger partial charge in [-0.2, -0.15) is 0 Å². The van der Waals surface area contributed by atoms with Gasteiger partial charge in [0.05, 0.1) is 0 Å². The Labute approximate surface area is 176 Å². The lowest BCUT2D eigenvalue weighted by Crippen LogP contribution is -2.50. The molecule has 154 valence electrons. The Morgan fingerprint density at radius 3 is 2.36 bits per heavy atom. The molecule has 6 nitrogen and oxygen atoms in total. The number of piperazine rings is 1. The standard InChI is InChI=1S/C21H31BrN4O2/c22-19-7-5-18(6-8-19)21(28)26(14-4-13-24-11-2-1-3-12-24)17-20(27)25-15-9-23-10-16-25/h5-8,23H,1-4,9-17H2. The summed E-state index contributed by atoms with van der Waals surface area (Å²) in [6.45, 7) is 7.15. The molecule has 0 unspecified atom stereocenters. The number of rotatable bonds is 7. The number of carbonyl (C=O) groups is 2. The van der Waals surface area contributed by atoms with Gasteiger partial charge in [0.1, 0.15) is 6.54 Å². The number of benzene rings is 1. The third-order valence-electron chi connectivity index (χ3n) is 5.53. The highest BCUT2D eigenvalue weighted by Gasteiger charge is 2.23. The SMILES string of the molecule is O=C(CN(CCCN1CCCCC1)C(=O)c1ccc(Br)cc1)N1CCNCC1. The minimum absolute atomic E-state index is 0.0462. The first kappa shape index (κ1) is 21.3. The Morgan fingerprint density at radius 1 is 1.00 bits per heavy atom. The molecule has 0 saturated carbocycles. The van der Waals surface area contributed by atoms with E-state index in [0.29, 0.717) is 25.2 Å². The lowest BCUT2D eigenvalue weighted by molar-refractivity contribution is -0.132. The van der Waals surface area contributed by atoms with Crippen molar-refractivity contribution >= 4 is 27.7 Å². The third-order valence-corrected chi connectivity index (χ3v) is 6.05. The largest absolute Gasteiger partial charge is 0.339 e. The van der Waals surface area contributed by atoms with E-state index in [9.17, 15) is 9.59 Å². The average Bonchev–Trinajstić information content (AvgIpc) is 2.74. The number of hydrogen-bond donors (Lipinski definition) is 1. The van der Waals surface area contributed by atoms with Gasteiger partial charge < -0.3 is 20.0 Å². The van der Waals surface area contributed by atoms with E-state index in [-0.39, 0.29) is 18.4 Å². The summed E-state index contributed by atoms with van der Waals surface area (Å²) in [5.74, 6) is -0.0143. The molecule has 3 rings (SSSR count). The Balaban J connectivity index is 1.60. The van der Waals surface area contributed by atoms with Crippen molar-refractivity contribution in [1.82, 2.24) is 20.0 Å². The van der Waals surface area contributed by atoms with E-state index in [1.807, 2.05) is 29.2 Å². The molecule has 1 N–H and O–H groups in total. The van der Waals surface area contributed by atoms with Gasteiger partial charge in [-0.05, 0) is 63.2 Å². The zero-order valence-electron chi connectivity index (χ0n) is 16.5.